The number of aromatic nitrogens is 2. The van der Waals surface area contributed by atoms with Gasteiger partial charge in [0.2, 0.25) is 12.3 Å². The zero-order valence-electron chi connectivity index (χ0n) is 8.80. The minimum absolute atomic E-state index is 0.0544. The lowest BCUT2D eigenvalue weighted by Crippen LogP contribution is -1.94. The van der Waals surface area contributed by atoms with E-state index >= 15 is 0 Å². The molecule has 82 valence electrons. The van der Waals surface area contributed by atoms with Crippen LogP contribution in [0.3, 0.4) is 0 Å². The molecule has 16 heavy (non-hydrogen) atoms. The third-order valence-electron chi connectivity index (χ3n) is 2.33. The van der Waals surface area contributed by atoms with Crippen LogP contribution >= 0.6 is 0 Å². The Morgan fingerprint density at radius 2 is 2.06 bits per heavy atom. The maximum Gasteiger partial charge on any atom is 0.273 e. The van der Waals surface area contributed by atoms with E-state index in [0.717, 1.165) is 5.56 Å². The standard InChI is InChI=1S/C10H9N3O3/c1-6-3-7(2)9(13(14)15)4-8(6)10-12-11-5-16-10/h3-5H,1-2H3. The number of nitro groups is 1. The van der Waals surface area contributed by atoms with E-state index in [1.165, 1.54) is 12.5 Å². The highest BCUT2D eigenvalue weighted by molar-refractivity contribution is 5.64. The largest absolute Gasteiger partial charge is 0.423 e. The van der Waals surface area contributed by atoms with Crippen LogP contribution < -0.4 is 0 Å². The minimum atomic E-state index is -0.422. The van der Waals surface area contributed by atoms with Crippen LogP contribution in [0.4, 0.5) is 5.69 Å². The van der Waals surface area contributed by atoms with Gasteiger partial charge >= 0.3 is 0 Å². The van der Waals surface area contributed by atoms with Gasteiger partial charge < -0.3 is 4.42 Å². The highest BCUT2D eigenvalue weighted by atomic mass is 16.6. The Hall–Kier alpha value is -2.24. The Bertz CT molecular complexity index is 534. The molecule has 0 unspecified atom stereocenters. The monoisotopic (exact) mass is 219 g/mol. The Morgan fingerprint density at radius 3 is 2.62 bits per heavy atom. The van der Waals surface area contributed by atoms with Crippen LogP contribution in [0.2, 0.25) is 0 Å². The lowest BCUT2D eigenvalue weighted by molar-refractivity contribution is -0.385. The molecule has 0 saturated heterocycles. The molecule has 0 bridgehead atoms. The summed E-state index contributed by atoms with van der Waals surface area (Å²) in [7, 11) is 0. The Kier molecular flexibility index (Phi) is 2.40. The van der Waals surface area contributed by atoms with Crippen molar-refractivity contribution in [3.63, 3.8) is 0 Å². The number of benzene rings is 1. The fourth-order valence-corrected chi connectivity index (χ4v) is 1.56. The van der Waals surface area contributed by atoms with Gasteiger partial charge in [0, 0.05) is 17.2 Å². The van der Waals surface area contributed by atoms with Crippen LogP contribution in [-0.2, 0) is 0 Å². The highest BCUT2D eigenvalue weighted by Gasteiger charge is 2.16. The topological polar surface area (TPSA) is 82.1 Å². The molecule has 2 rings (SSSR count). The van der Waals surface area contributed by atoms with Crippen molar-refractivity contribution in [2.45, 2.75) is 13.8 Å². The molecule has 0 spiro atoms. The van der Waals surface area contributed by atoms with Crippen molar-refractivity contribution in [1.82, 2.24) is 10.2 Å². The summed E-state index contributed by atoms with van der Waals surface area (Å²) in [5, 5.41) is 18.1. The van der Waals surface area contributed by atoms with Gasteiger partial charge in [-0.05, 0) is 25.5 Å². The van der Waals surface area contributed by atoms with Crippen molar-refractivity contribution < 1.29 is 9.34 Å². The molecule has 0 N–H and O–H groups in total. The molecule has 0 saturated carbocycles. The molecule has 0 atom stereocenters. The van der Waals surface area contributed by atoms with Gasteiger partial charge in [-0.2, -0.15) is 0 Å². The number of nitro benzene ring substituents is 1. The number of rotatable bonds is 2. The third-order valence-corrected chi connectivity index (χ3v) is 2.33. The van der Waals surface area contributed by atoms with Gasteiger partial charge in [-0.15, -0.1) is 10.2 Å². The van der Waals surface area contributed by atoms with Crippen molar-refractivity contribution in [3.8, 4) is 11.5 Å². The summed E-state index contributed by atoms with van der Waals surface area (Å²) < 4.78 is 5.03. The predicted molar refractivity (Wildman–Crippen MR) is 55.9 cm³/mol. The maximum atomic E-state index is 10.8. The Balaban J connectivity index is 2.63. The number of hydrogen-bond acceptors (Lipinski definition) is 5. The van der Waals surface area contributed by atoms with Gasteiger partial charge in [-0.3, -0.25) is 10.1 Å². The second-order valence-corrected chi connectivity index (χ2v) is 3.45. The van der Waals surface area contributed by atoms with E-state index < -0.39 is 4.92 Å². The zero-order valence-corrected chi connectivity index (χ0v) is 8.80. The van der Waals surface area contributed by atoms with E-state index in [-0.39, 0.29) is 5.69 Å². The maximum absolute atomic E-state index is 10.8. The van der Waals surface area contributed by atoms with E-state index in [0.29, 0.717) is 17.0 Å². The first kappa shape index (κ1) is 10.3. The van der Waals surface area contributed by atoms with Crippen molar-refractivity contribution in [1.29, 1.82) is 0 Å². The lowest BCUT2D eigenvalue weighted by atomic mass is 10.0. The smallest absolute Gasteiger partial charge is 0.273 e. The van der Waals surface area contributed by atoms with Crippen LogP contribution in [0, 0.1) is 24.0 Å². The number of nitrogens with zero attached hydrogens (tertiary/aromatic N) is 3. The first-order valence-corrected chi connectivity index (χ1v) is 4.62. The van der Waals surface area contributed by atoms with E-state index in [4.69, 9.17) is 4.42 Å². The van der Waals surface area contributed by atoms with Crippen molar-refractivity contribution in [2.75, 3.05) is 0 Å². The minimum Gasteiger partial charge on any atom is -0.423 e. The average Bonchev–Trinajstić information content (AvgIpc) is 2.70. The van der Waals surface area contributed by atoms with E-state index in [2.05, 4.69) is 10.2 Å². The predicted octanol–water partition coefficient (Wildman–Crippen LogP) is 2.26. The molecule has 0 aliphatic rings. The van der Waals surface area contributed by atoms with Gasteiger partial charge in [-0.25, -0.2) is 0 Å². The van der Waals surface area contributed by atoms with Crippen LogP contribution in [0.5, 0.6) is 0 Å². The molecule has 0 aliphatic heterocycles. The fraction of sp³-hybridized carbons (Fsp3) is 0.200. The Morgan fingerprint density at radius 1 is 1.31 bits per heavy atom. The van der Waals surface area contributed by atoms with Crippen LogP contribution in [-0.4, -0.2) is 15.1 Å². The summed E-state index contributed by atoms with van der Waals surface area (Å²) in [6, 6.07) is 3.19. The van der Waals surface area contributed by atoms with Gasteiger partial charge in [-0.1, -0.05) is 0 Å². The zero-order chi connectivity index (χ0) is 11.7. The SMILES string of the molecule is Cc1cc(C)c([N+](=O)[O-])cc1-c1nnco1. The molecule has 0 aliphatic carbocycles. The Labute approximate surface area is 91.1 Å². The summed E-state index contributed by atoms with van der Waals surface area (Å²) in [5.74, 6) is 0.292. The van der Waals surface area contributed by atoms with Crippen LogP contribution in [0.1, 0.15) is 11.1 Å². The molecule has 1 heterocycles. The van der Waals surface area contributed by atoms with Crippen LogP contribution in [0.25, 0.3) is 11.5 Å². The van der Waals surface area contributed by atoms with Crippen molar-refractivity contribution in [2.24, 2.45) is 0 Å². The second-order valence-electron chi connectivity index (χ2n) is 3.45. The first-order valence-electron chi connectivity index (χ1n) is 4.62. The molecule has 0 fully saturated rings. The molecule has 1 aromatic heterocycles. The van der Waals surface area contributed by atoms with Crippen LogP contribution in [0.15, 0.2) is 22.9 Å². The van der Waals surface area contributed by atoms with Gasteiger partial charge in [0.15, 0.2) is 0 Å². The number of aryl methyl sites for hydroxylation is 2. The van der Waals surface area contributed by atoms with Gasteiger partial charge in [0.1, 0.15) is 0 Å². The fourth-order valence-electron chi connectivity index (χ4n) is 1.56. The summed E-state index contributed by atoms with van der Waals surface area (Å²) in [6.45, 7) is 3.54. The molecule has 0 amide bonds. The second kappa shape index (κ2) is 3.73. The molecular formula is C10H9N3O3. The summed E-state index contributed by atoms with van der Waals surface area (Å²) in [5.41, 5.74) is 2.13. The summed E-state index contributed by atoms with van der Waals surface area (Å²) in [4.78, 5) is 10.4. The summed E-state index contributed by atoms with van der Waals surface area (Å²) in [6.07, 6.45) is 1.19. The van der Waals surface area contributed by atoms with Crippen molar-refractivity contribution >= 4 is 5.69 Å². The number of hydrogen-bond donors (Lipinski definition) is 0. The average molecular weight is 219 g/mol. The molecule has 2 aromatic rings. The molecular weight excluding hydrogens is 210 g/mol. The van der Waals surface area contributed by atoms with Crippen molar-refractivity contribution in [3.05, 3.63) is 39.8 Å². The van der Waals surface area contributed by atoms with Gasteiger partial charge in [0.25, 0.3) is 5.69 Å². The normalized spacial score (nSPS) is 10.4. The van der Waals surface area contributed by atoms with E-state index in [1.54, 1.807) is 13.0 Å². The molecule has 0 radical (unpaired) electrons. The first-order chi connectivity index (χ1) is 7.59. The molecule has 1 aromatic carbocycles. The van der Waals surface area contributed by atoms with Gasteiger partial charge in [0.05, 0.1) is 4.92 Å². The third kappa shape index (κ3) is 1.65. The van der Waals surface area contributed by atoms with E-state index in [9.17, 15) is 10.1 Å². The molecule has 6 nitrogen and oxygen atoms in total. The summed E-state index contributed by atoms with van der Waals surface area (Å²) >= 11 is 0. The lowest BCUT2D eigenvalue weighted by Gasteiger charge is -2.03. The highest BCUT2D eigenvalue weighted by Crippen LogP contribution is 2.28. The van der Waals surface area contributed by atoms with E-state index in [1.807, 2.05) is 6.92 Å². The quantitative estimate of drug-likeness (QED) is 0.571. The molecule has 6 heteroatoms.